The van der Waals surface area contributed by atoms with Gasteiger partial charge in [-0.3, -0.25) is 9.59 Å². The molecule has 0 saturated heterocycles. The summed E-state index contributed by atoms with van der Waals surface area (Å²) in [6.07, 6.45) is 1.08. The maximum atomic E-state index is 11.5. The predicted octanol–water partition coefficient (Wildman–Crippen LogP) is 2.34. The lowest BCUT2D eigenvalue weighted by molar-refractivity contribution is -0.122. The zero-order chi connectivity index (χ0) is 12.9. The van der Waals surface area contributed by atoms with Crippen LogP contribution in [0.2, 0.25) is 0 Å². The number of carbonyl (C=O) groups excluding carboxylic acids is 2. The minimum absolute atomic E-state index is 0.0576. The Hall–Kier alpha value is -0.700. The van der Waals surface area contributed by atoms with E-state index in [1.54, 1.807) is 6.92 Å². The smallest absolute Gasteiger partial charge is 0.146 e. The van der Waals surface area contributed by atoms with Crippen molar-refractivity contribution in [2.45, 2.75) is 66.0 Å². The molecule has 0 fully saturated rings. The van der Waals surface area contributed by atoms with E-state index in [1.807, 2.05) is 34.6 Å². The van der Waals surface area contributed by atoms with Gasteiger partial charge >= 0.3 is 0 Å². The number of ketones is 2. The lowest BCUT2D eigenvalue weighted by atomic mass is 9.97. The average molecular weight is 227 g/mol. The van der Waals surface area contributed by atoms with Crippen LogP contribution in [0, 0.1) is 5.92 Å². The molecule has 1 N–H and O–H groups in total. The van der Waals surface area contributed by atoms with Crippen molar-refractivity contribution in [1.29, 1.82) is 0 Å². The molecule has 16 heavy (non-hydrogen) atoms. The van der Waals surface area contributed by atoms with Gasteiger partial charge in [0.05, 0.1) is 6.04 Å². The average Bonchev–Trinajstić information content (AvgIpc) is 2.09. The van der Waals surface area contributed by atoms with Gasteiger partial charge in [-0.1, -0.05) is 13.8 Å². The molecule has 0 saturated carbocycles. The molecule has 0 aromatic heterocycles. The Morgan fingerprint density at radius 3 is 2.00 bits per heavy atom. The highest BCUT2D eigenvalue weighted by Crippen LogP contribution is 2.09. The molecule has 0 spiro atoms. The number of hydrogen-bond acceptors (Lipinski definition) is 3. The summed E-state index contributed by atoms with van der Waals surface area (Å²) in [5.41, 5.74) is -0.1000. The molecule has 1 unspecified atom stereocenters. The molecule has 1 atom stereocenters. The summed E-state index contributed by atoms with van der Waals surface area (Å²) in [5, 5.41) is 3.25. The van der Waals surface area contributed by atoms with Gasteiger partial charge in [0, 0.05) is 17.9 Å². The summed E-state index contributed by atoms with van der Waals surface area (Å²) in [7, 11) is 0. The van der Waals surface area contributed by atoms with E-state index in [-0.39, 0.29) is 29.1 Å². The quantitative estimate of drug-likeness (QED) is 0.757. The first-order valence-electron chi connectivity index (χ1n) is 5.94. The Balaban J connectivity index is 4.26. The van der Waals surface area contributed by atoms with Crippen LogP contribution in [0.3, 0.4) is 0 Å². The second-order valence-corrected chi connectivity index (χ2v) is 5.72. The Labute approximate surface area is 99.0 Å². The van der Waals surface area contributed by atoms with Gasteiger partial charge in [0.25, 0.3) is 0 Å². The number of hydrogen-bond donors (Lipinski definition) is 1. The first kappa shape index (κ1) is 15.3. The fourth-order valence-corrected chi connectivity index (χ4v) is 1.48. The molecule has 0 bridgehead atoms. The standard InChI is InChI=1S/C13H25NO2/c1-9(2)12(16)8-7-11(10(3)15)14-13(4,5)6/h9,11,14H,7-8H2,1-6H3. The molecule has 3 nitrogen and oxygen atoms in total. The van der Waals surface area contributed by atoms with Gasteiger partial charge in [-0.2, -0.15) is 0 Å². The lowest BCUT2D eigenvalue weighted by Crippen LogP contribution is -2.47. The van der Waals surface area contributed by atoms with Crippen LogP contribution in [0.1, 0.15) is 54.4 Å². The Bertz CT molecular complexity index is 251. The largest absolute Gasteiger partial charge is 0.303 e. The SMILES string of the molecule is CC(=O)C(CCC(=O)C(C)C)NC(C)(C)C. The highest BCUT2D eigenvalue weighted by molar-refractivity contribution is 5.84. The molecule has 0 aromatic carbocycles. The Kier molecular flexibility index (Phi) is 5.87. The molecule has 0 aromatic rings. The summed E-state index contributed by atoms with van der Waals surface area (Å²) < 4.78 is 0. The van der Waals surface area contributed by atoms with Gasteiger partial charge < -0.3 is 5.32 Å². The van der Waals surface area contributed by atoms with Crippen molar-refractivity contribution < 1.29 is 9.59 Å². The van der Waals surface area contributed by atoms with Crippen molar-refractivity contribution in [3.05, 3.63) is 0 Å². The van der Waals surface area contributed by atoms with Crippen LogP contribution in [-0.2, 0) is 9.59 Å². The molecular formula is C13H25NO2. The second kappa shape index (κ2) is 6.14. The summed E-state index contributed by atoms with van der Waals surface area (Å²) in [4.78, 5) is 22.9. The van der Waals surface area contributed by atoms with Gasteiger partial charge in [0.15, 0.2) is 0 Å². The van der Waals surface area contributed by atoms with E-state index in [4.69, 9.17) is 0 Å². The summed E-state index contributed by atoms with van der Waals surface area (Å²) in [6.45, 7) is 11.4. The molecule has 3 heteroatoms. The van der Waals surface area contributed by atoms with Crippen LogP contribution in [0.5, 0.6) is 0 Å². The van der Waals surface area contributed by atoms with Crippen LogP contribution in [0.15, 0.2) is 0 Å². The zero-order valence-corrected chi connectivity index (χ0v) is 11.4. The first-order chi connectivity index (χ1) is 7.13. The molecule has 0 aliphatic carbocycles. The minimum Gasteiger partial charge on any atom is -0.303 e. The third-order valence-electron chi connectivity index (χ3n) is 2.42. The predicted molar refractivity (Wildman–Crippen MR) is 66.4 cm³/mol. The summed E-state index contributed by atoms with van der Waals surface area (Å²) >= 11 is 0. The topological polar surface area (TPSA) is 46.2 Å². The molecule has 0 heterocycles. The van der Waals surface area contributed by atoms with E-state index < -0.39 is 0 Å². The normalized spacial score (nSPS) is 13.9. The van der Waals surface area contributed by atoms with E-state index in [9.17, 15) is 9.59 Å². The maximum absolute atomic E-state index is 11.5. The maximum Gasteiger partial charge on any atom is 0.146 e. The molecule has 0 aliphatic rings. The first-order valence-corrected chi connectivity index (χ1v) is 5.94. The number of rotatable bonds is 6. The van der Waals surface area contributed by atoms with Crippen molar-refractivity contribution >= 4 is 11.6 Å². The summed E-state index contributed by atoms with van der Waals surface area (Å²) in [5.74, 6) is 0.385. The number of carbonyl (C=O) groups is 2. The van der Waals surface area contributed by atoms with Crippen molar-refractivity contribution in [2.24, 2.45) is 5.92 Å². The van der Waals surface area contributed by atoms with Crippen molar-refractivity contribution in [2.75, 3.05) is 0 Å². The number of Topliss-reactive ketones (excluding diaryl/α,β-unsaturated/α-hetero) is 2. The number of nitrogens with one attached hydrogen (secondary N) is 1. The molecule has 0 rings (SSSR count). The second-order valence-electron chi connectivity index (χ2n) is 5.72. The highest BCUT2D eigenvalue weighted by atomic mass is 16.1. The van der Waals surface area contributed by atoms with Crippen LogP contribution in [0.25, 0.3) is 0 Å². The fraction of sp³-hybridized carbons (Fsp3) is 0.846. The summed E-state index contributed by atoms with van der Waals surface area (Å²) in [6, 6.07) is -0.206. The van der Waals surface area contributed by atoms with Gasteiger partial charge in [0.1, 0.15) is 11.6 Å². The van der Waals surface area contributed by atoms with Gasteiger partial charge in [-0.05, 0) is 34.1 Å². The lowest BCUT2D eigenvalue weighted by Gasteiger charge is -2.27. The van der Waals surface area contributed by atoms with E-state index >= 15 is 0 Å². The van der Waals surface area contributed by atoms with Gasteiger partial charge in [0.2, 0.25) is 0 Å². The van der Waals surface area contributed by atoms with E-state index in [0.717, 1.165) is 0 Å². The third kappa shape index (κ3) is 6.72. The molecule has 94 valence electrons. The van der Waals surface area contributed by atoms with E-state index in [0.29, 0.717) is 12.8 Å². The van der Waals surface area contributed by atoms with Crippen molar-refractivity contribution in [1.82, 2.24) is 5.32 Å². The Morgan fingerprint density at radius 1 is 1.19 bits per heavy atom. The van der Waals surface area contributed by atoms with Crippen molar-refractivity contribution in [3.8, 4) is 0 Å². The van der Waals surface area contributed by atoms with Crippen LogP contribution in [0.4, 0.5) is 0 Å². The van der Waals surface area contributed by atoms with Crippen LogP contribution < -0.4 is 5.32 Å². The highest BCUT2D eigenvalue weighted by Gasteiger charge is 2.21. The van der Waals surface area contributed by atoms with Gasteiger partial charge in [-0.15, -0.1) is 0 Å². The third-order valence-corrected chi connectivity index (χ3v) is 2.42. The van der Waals surface area contributed by atoms with Crippen molar-refractivity contribution in [3.63, 3.8) is 0 Å². The van der Waals surface area contributed by atoms with E-state index in [2.05, 4.69) is 5.32 Å². The fourth-order valence-electron chi connectivity index (χ4n) is 1.48. The monoisotopic (exact) mass is 227 g/mol. The van der Waals surface area contributed by atoms with Crippen LogP contribution in [-0.4, -0.2) is 23.1 Å². The minimum atomic E-state index is -0.206. The molecular weight excluding hydrogens is 202 g/mol. The molecule has 0 radical (unpaired) electrons. The Morgan fingerprint density at radius 2 is 1.69 bits per heavy atom. The zero-order valence-electron chi connectivity index (χ0n) is 11.4. The van der Waals surface area contributed by atoms with Gasteiger partial charge in [-0.25, -0.2) is 0 Å². The molecule has 0 aliphatic heterocycles. The molecule has 0 amide bonds. The van der Waals surface area contributed by atoms with E-state index in [1.165, 1.54) is 0 Å². The van der Waals surface area contributed by atoms with Crippen LogP contribution >= 0.6 is 0 Å².